The van der Waals surface area contributed by atoms with Gasteiger partial charge in [-0.05, 0) is 58.1 Å². The lowest BCUT2D eigenvalue weighted by molar-refractivity contribution is 1.53. The van der Waals surface area contributed by atoms with E-state index >= 15 is 0 Å². The summed E-state index contributed by atoms with van der Waals surface area (Å²) in [6, 6.07) is 48.4. The number of fused-ring (bicyclic) bond motifs is 6. The van der Waals surface area contributed by atoms with Gasteiger partial charge in [0.2, 0.25) is 0 Å². The molecule has 0 aliphatic carbocycles. The summed E-state index contributed by atoms with van der Waals surface area (Å²) in [6.07, 6.45) is 0. The molecule has 0 aliphatic rings. The summed E-state index contributed by atoms with van der Waals surface area (Å²) in [7, 11) is 0. The molecule has 0 aliphatic heterocycles. The van der Waals surface area contributed by atoms with E-state index in [1.54, 1.807) is 0 Å². The van der Waals surface area contributed by atoms with Crippen molar-refractivity contribution in [2.24, 2.45) is 0 Å². The molecule has 6 aromatic carbocycles. The van der Waals surface area contributed by atoms with Crippen LogP contribution in [0.15, 0.2) is 133 Å². The number of hydrogen-bond donors (Lipinski definition) is 1. The van der Waals surface area contributed by atoms with Crippen LogP contribution in [-0.2, 0) is 0 Å². The Bertz CT molecular complexity index is 2140. The molecule has 0 saturated carbocycles. The van der Waals surface area contributed by atoms with Crippen molar-refractivity contribution >= 4 is 53.3 Å². The number of nitrogens with one attached hydrogen (secondary N) is 1. The number of thiophene rings is 1. The van der Waals surface area contributed by atoms with Crippen molar-refractivity contribution in [3.8, 4) is 33.4 Å². The summed E-state index contributed by atoms with van der Waals surface area (Å²) >= 11 is 1.87. The quantitative estimate of drug-likeness (QED) is 0.248. The lowest BCUT2D eigenvalue weighted by Gasteiger charge is -2.10. The van der Waals surface area contributed by atoms with Crippen molar-refractivity contribution in [3.63, 3.8) is 0 Å². The number of H-pyrrole nitrogens is 1. The van der Waals surface area contributed by atoms with Crippen LogP contribution in [-0.4, -0.2) is 4.98 Å². The molecule has 0 unspecified atom stereocenters. The average molecular weight is 502 g/mol. The van der Waals surface area contributed by atoms with E-state index in [0.29, 0.717) is 0 Å². The Hall–Kier alpha value is -4.66. The summed E-state index contributed by atoms with van der Waals surface area (Å²) in [4.78, 5) is 3.66. The number of aromatic amines is 1. The molecule has 8 rings (SSSR count). The molecular weight excluding hydrogens is 478 g/mol. The number of hydrogen-bond acceptors (Lipinski definition) is 1. The van der Waals surface area contributed by atoms with Gasteiger partial charge in [0.15, 0.2) is 0 Å². The maximum atomic E-state index is 3.66. The largest absolute Gasteiger partial charge is 0.354 e. The summed E-state index contributed by atoms with van der Waals surface area (Å²) in [5.41, 5.74) is 9.80. The first kappa shape index (κ1) is 21.4. The fourth-order valence-corrected chi connectivity index (χ4v) is 6.99. The Balaban J connectivity index is 1.27. The topological polar surface area (TPSA) is 15.8 Å². The van der Waals surface area contributed by atoms with Crippen LogP contribution in [0.1, 0.15) is 0 Å². The van der Waals surface area contributed by atoms with E-state index < -0.39 is 0 Å². The van der Waals surface area contributed by atoms with E-state index in [-0.39, 0.29) is 0 Å². The zero-order valence-corrected chi connectivity index (χ0v) is 21.4. The summed E-state index contributed by atoms with van der Waals surface area (Å²) in [5.74, 6) is 0. The Morgan fingerprint density at radius 2 is 1.00 bits per heavy atom. The molecule has 8 aromatic rings. The first-order chi connectivity index (χ1) is 18.8. The summed E-state index contributed by atoms with van der Waals surface area (Å²) in [6.45, 7) is 0. The Morgan fingerprint density at radius 1 is 0.421 bits per heavy atom. The highest BCUT2D eigenvalue weighted by Gasteiger charge is 2.13. The molecule has 178 valence electrons. The molecule has 1 N–H and O–H groups in total. The normalized spacial score (nSPS) is 11.7. The molecule has 2 heteroatoms. The van der Waals surface area contributed by atoms with Crippen LogP contribution in [0.5, 0.6) is 0 Å². The molecule has 0 saturated heterocycles. The van der Waals surface area contributed by atoms with Gasteiger partial charge in [-0.2, -0.15) is 0 Å². The minimum absolute atomic E-state index is 1.17. The van der Waals surface area contributed by atoms with Crippen LogP contribution in [0, 0.1) is 0 Å². The highest BCUT2D eigenvalue weighted by Crippen LogP contribution is 2.41. The Kier molecular flexibility index (Phi) is 4.76. The Labute approximate surface area is 224 Å². The first-order valence-corrected chi connectivity index (χ1v) is 13.8. The van der Waals surface area contributed by atoms with Crippen molar-refractivity contribution in [2.75, 3.05) is 0 Å². The molecule has 0 radical (unpaired) electrons. The molecular formula is C36H23NS. The zero-order valence-electron chi connectivity index (χ0n) is 20.6. The van der Waals surface area contributed by atoms with E-state index in [4.69, 9.17) is 0 Å². The van der Waals surface area contributed by atoms with Gasteiger partial charge in [-0.25, -0.2) is 0 Å². The predicted molar refractivity (Wildman–Crippen MR) is 165 cm³/mol. The van der Waals surface area contributed by atoms with Crippen LogP contribution in [0.4, 0.5) is 0 Å². The maximum Gasteiger partial charge on any atom is 0.0544 e. The second kappa shape index (κ2) is 8.44. The van der Waals surface area contributed by atoms with Crippen LogP contribution >= 0.6 is 11.3 Å². The standard InChI is InChI=1S/C36H23NS/c1-3-18-32-29(13-1)30-17-7-16-28(36(30)37-32)26-12-6-10-24(22-26)23-9-5-11-25(21-23)27-15-8-20-34-35(27)31-14-2-4-19-33(31)38-34/h1-22,37H. The SMILES string of the molecule is c1cc(-c2cccc(-c3cccc4sc5ccccc5c34)c2)cc(-c2cccc3c2[nH]c2ccccc23)c1. The van der Waals surface area contributed by atoms with Gasteiger partial charge in [0.1, 0.15) is 0 Å². The third-order valence-electron chi connectivity index (χ3n) is 7.62. The van der Waals surface area contributed by atoms with Crippen LogP contribution in [0.3, 0.4) is 0 Å². The molecule has 2 aromatic heterocycles. The van der Waals surface area contributed by atoms with E-state index in [2.05, 4.69) is 138 Å². The number of rotatable bonds is 3. The monoisotopic (exact) mass is 501 g/mol. The van der Waals surface area contributed by atoms with Crippen LogP contribution in [0.2, 0.25) is 0 Å². The number of para-hydroxylation sites is 2. The Morgan fingerprint density at radius 3 is 1.84 bits per heavy atom. The average Bonchev–Trinajstić information content (AvgIpc) is 3.56. The van der Waals surface area contributed by atoms with Gasteiger partial charge in [0.05, 0.1) is 5.52 Å². The van der Waals surface area contributed by atoms with E-state index in [0.717, 1.165) is 0 Å². The van der Waals surface area contributed by atoms with Crippen LogP contribution < -0.4 is 0 Å². The fourth-order valence-electron chi connectivity index (χ4n) is 5.86. The van der Waals surface area contributed by atoms with Crippen LogP contribution in [0.25, 0.3) is 75.4 Å². The summed E-state index contributed by atoms with van der Waals surface area (Å²) < 4.78 is 2.67. The highest BCUT2D eigenvalue weighted by molar-refractivity contribution is 7.25. The number of aromatic nitrogens is 1. The van der Waals surface area contributed by atoms with Gasteiger partial charge in [0.25, 0.3) is 0 Å². The van der Waals surface area contributed by atoms with E-state index in [9.17, 15) is 0 Å². The molecule has 0 atom stereocenters. The van der Waals surface area contributed by atoms with Gasteiger partial charge in [0, 0.05) is 42.0 Å². The second-order valence-corrected chi connectivity index (χ2v) is 10.9. The third kappa shape index (κ3) is 3.31. The molecule has 2 heterocycles. The lowest BCUT2D eigenvalue weighted by Crippen LogP contribution is -1.85. The van der Waals surface area contributed by atoms with Crippen molar-refractivity contribution in [1.29, 1.82) is 0 Å². The second-order valence-electron chi connectivity index (χ2n) is 9.84. The first-order valence-electron chi connectivity index (χ1n) is 12.9. The molecule has 0 bridgehead atoms. The molecule has 38 heavy (non-hydrogen) atoms. The minimum atomic E-state index is 1.17. The van der Waals surface area contributed by atoms with Crippen molar-refractivity contribution in [3.05, 3.63) is 133 Å². The maximum absolute atomic E-state index is 3.66. The van der Waals surface area contributed by atoms with E-state index in [1.807, 2.05) is 11.3 Å². The zero-order chi connectivity index (χ0) is 25.1. The smallest absolute Gasteiger partial charge is 0.0544 e. The molecule has 1 nitrogen and oxygen atoms in total. The molecule has 0 spiro atoms. The molecule has 0 amide bonds. The molecule has 0 fully saturated rings. The van der Waals surface area contributed by atoms with Gasteiger partial charge in [-0.1, -0.05) is 103 Å². The predicted octanol–water partition coefficient (Wildman–Crippen LogP) is 10.7. The van der Waals surface area contributed by atoms with E-state index in [1.165, 1.54) is 75.4 Å². The van der Waals surface area contributed by atoms with Crippen molar-refractivity contribution < 1.29 is 0 Å². The summed E-state index contributed by atoms with van der Waals surface area (Å²) in [5, 5.41) is 5.22. The number of benzene rings is 6. The highest BCUT2D eigenvalue weighted by atomic mass is 32.1. The van der Waals surface area contributed by atoms with Gasteiger partial charge < -0.3 is 4.98 Å². The van der Waals surface area contributed by atoms with Gasteiger partial charge in [-0.15, -0.1) is 11.3 Å². The third-order valence-corrected chi connectivity index (χ3v) is 8.76. The minimum Gasteiger partial charge on any atom is -0.354 e. The van der Waals surface area contributed by atoms with Crippen molar-refractivity contribution in [2.45, 2.75) is 0 Å². The van der Waals surface area contributed by atoms with Gasteiger partial charge in [-0.3, -0.25) is 0 Å². The fraction of sp³-hybridized carbons (Fsp3) is 0. The van der Waals surface area contributed by atoms with Gasteiger partial charge >= 0.3 is 0 Å². The van der Waals surface area contributed by atoms with Crippen molar-refractivity contribution in [1.82, 2.24) is 4.98 Å². The lowest BCUT2D eigenvalue weighted by atomic mass is 9.94.